The Labute approximate surface area is 94.8 Å². The normalized spacial score (nSPS) is 16.4. The fourth-order valence-corrected chi connectivity index (χ4v) is 1.88. The number of carbonyl (C=O) groups is 1. The molecule has 1 fully saturated rings. The van der Waals surface area contributed by atoms with E-state index in [9.17, 15) is 4.79 Å². The molecule has 2 heterocycles. The summed E-state index contributed by atoms with van der Waals surface area (Å²) in [7, 11) is 0. The third-order valence-electron chi connectivity index (χ3n) is 2.77. The lowest BCUT2D eigenvalue weighted by Gasteiger charge is -2.26. The number of likely N-dealkylation sites (tertiary alicyclic amines) is 1. The minimum atomic E-state index is 0.180. The van der Waals surface area contributed by atoms with E-state index in [0.717, 1.165) is 31.7 Å². The lowest BCUT2D eigenvalue weighted by atomic mass is 10.1. The zero-order valence-electron chi connectivity index (χ0n) is 9.32. The first-order valence-corrected chi connectivity index (χ1v) is 5.72. The van der Waals surface area contributed by atoms with Crippen molar-refractivity contribution in [1.82, 2.24) is 15.2 Å². The summed E-state index contributed by atoms with van der Waals surface area (Å²) in [6.07, 6.45) is 6.55. The summed E-state index contributed by atoms with van der Waals surface area (Å²) in [6, 6.07) is 0. The highest BCUT2D eigenvalue weighted by Crippen LogP contribution is 2.08. The minimum Gasteiger partial charge on any atom is -0.447 e. The number of nitrogens with one attached hydrogen (secondary N) is 1. The van der Waals surface area contributed by atoms with Gasteiger partial charge in [-0.2, -0.15) is 0 Å². The van der Waals surface area contributed by atoms with E-state index in [4.69, 9.17) is 4.42 Å². The second kappa shape index (κ2) is 5.65. The lowest BCUT2D eigenvalue weighted by Crippen LogP contribution is -2.40. The lowest BCUT2D eigenvalue weighted by molar-refractivity contribution is -0.131. The van der Waals surface area contributed by atoms with E-state index in [1.165, 1.54) is 12.8 Å². The van der Waals surface area contributed by atoms with E-state index in [1.54, 1.807) is 6.20 Å². The van der Waals surface area contributed by atoms with E-state index in [2.05, 4.69) is 10.3 Å². The van der Waals surface area contributed by atoms with Gasteiger partial charge < -0.3 is 14.6 Å². The van der Waals surface area contributed by atoms with Crippen molar-refractivity contribution < 1.29 is 9.21 Å². The Morgan fingerprint density at radius 2 is 2.25 bits per heavy atom. The molecule has 5 nitrogen and oxygen atoms in total. The third-order valence-corrected chi connectivity index (χ3v) is 2.77. The van der Waals surface area contributed by atoms with Crippen molar-refractivity contribution in [3.63, 3.8) is 0 Å². The first-order chi connectivity index (χ1) is 7.86. The zero-order chi connectivity index (χ0) is 11.2. The van der Waals surface area contributed by atoms with Crippen LogP contribution in [0.4, 0.5) is 0 Å². The average Bonchev–Trinajstić information content (AvgIpc) is 2.83. The molecule has 0 bridgehead atoms. The predicted octanol–water partition coefficient (Wildman–Crippen LogP) is 0.777. The maximum absolute atomic E-state index is 11.7. The second-order valence-corrected chi connectivity index (χ2v) is 4.01. The van der Waals surface area contributed by atoms with Crippen LogP contribution in [0.15, 0.2) is 17.0 Å². The van der Waals surface area contributed by atoms with Crippen molar-refractivity contribution >= 4 is 5.91 Å². The fourth-order valence-electron chi connectivity index (χ4n) is 1.88. The highest BCUT2D eigenvalue weighted by atomic mass is 16.3. The van der Waals surface area contributed by atoms with Gasteiger partial charge in [-0.1, -0.05) is 0 Å². The molecular weight excluding hydrogens is 206 g/mol. The highest BCUT2D eigenvalue weighted by Gasteiger charge is 2.15. The van der Waals surface area contributed by atoms with Gasteiger partial charge in [-0.15, -0.1) is 0 Å². The molecule has 1 amide bonds. The summed E-state index contributed by atoms with van der Waals surface area (Å²) in [6.45, 7) is 2.74. The zero-order valence-corrected chi connectivity index (χ0v) is 9.32. The minimum absolute atomic E-state index is 0.180. The molecule has 0 aliphatic carbocycles. The van der Waals surface area contributed by atoms with Crippen LogP contribution in [-0.4, -0.2) is 35.4 Å². The molecule has 1 aromatic rings. The number of rotatable bonds is 4. The topological polar surface area (TPSA) is 58.4 Å². The van der Waals surface area contributed by atoms with Crippen LogP contribution in [0.5, 0.6) is 0 Å². The van der Waals surface area contributed by atoms with Crippen LogP contribution in [0.3, 0.4) is 0 Å². The number of hydrogen-bond acceptors (Lipinski definition) is 4. The SMILES string of the molecule is O=C(CNCc1cnco1)N1CCCCC1. The maximum atomic E-state index is 11.7. The number of nitrogens with zero attached hydrogens (tertiary/aromatic N) is 2. The summed E-state index contributed by atoms with van der Waals surface area (Å²) in [4.78, 5) is 17.5. The Hall–Kier alpha value is -1.36. The molecule has 0 spiro atoms. The van der Waals surface area contributed by atoms with Crippen molar-refractivity contribution in [3.8, 4) is 0 Å². The van der Waals surface area contributed by atoms with Crippen molar-refractivity contribution in [2.75, 3.05) is 19.6 Å². The molecule has 1 saturated heterocycles. The number of aromatic nitrogens is 1. The molecule has 88 valence electrons. The van der Waals surface area contributed by atoms with E-state index < -0.39 is 0 Å². The van der Waals surface area contributed by atoms with Crippen LogP contribution >= 0.6 is 0 Å². The quantitative estimate of drug-likeness (QED) is 0.819. The number of oxazole rings is 1. The third kappa shape index (κ3) is 3.06. The second-order valence-electron chi connectivity index (χ2n) is 4.01. The summed E-state index contributed by atoms with van der Waals surface area (Å²) in [5, 5.41) is 3.06. The van der Waals surface area contributed by atoms with Gasteiger partial charge in [-0.3, -0.25) is 4.79 Å². The number of hydrogen-bond donors (Lipinski definition) is 1. The Morgan fingerprint density at radius 1 is 1.44 bits per heavy atom. The molecule has 0 radical (unpaired) electrons. The van der Waals surface area contributed by atoms with E-state index in [0.29, 0.717) is 13.1 Å². The Morgan fingerprint density at radius 3 is 2.94 bits per heavy atom. The maximum Gasteiger partial charge on any atom is 0.236 e. The average molecular weight is 223 g/mol. The summed E-state index contributed by atoms with van der Waals surface area (Å²) in [5.41, 5.74) is 0. The number of carbonyl (C=O) groups excluding carboxylic acids is 1. The largest absolute Gasteiger partial charge is 0.447 e. The van der Waals surface area contributed by atoms with E-state index in [-0.39, 0.29) is 5.91 Å². The molecule has 1 aliphatic heterocycles. The van der Waals surface area contributed by atoms with E-state index >= 15 is 0 Å². The molecule has 1 aliphatic rings. The number of amides is 1. The first-order valence-electron chi connectivity index (χ1n) is 5.72. The van der Waals surface area contributed by atoms with Crippen molar-refractivity contribution in [1.29, 1.82) is 0 Å². The molecule has 0 saturated carbocycles. The van der Waals surface area contributed by atoms with Gasteiger partial charge >= 0.3 is 0 Å². The van der Waals surface area contributed by atoms with Gasteiger partial charge in [0.2, 0.25) is 5.91 Å². The smallest absolute Gasteiger partial charge is 0.236 e. The van der Waals surface area contributed by atoms with Crippen molar-refractivity contribution in [3.05, 3.63) is 18.4 Å². The van der Waals surface area contributed by atoms with Gasteiger partial charge in [-0.05, 0) is 19.3 Å². The van der Waals surface area contributed by atoms with Crippen molar-refractivity contribution in [2.45, 2.75) is 25.8 Å². The fraction of sp³-hybridized carbons (Fsp3) is 0.636. The molecule has 0 atom stereocenters. The van der Waals surface area contributed by atoms with Crippen LogP contribution in [-0.2, 0) is 11.3 Å². The molecular formula is C11H17N3O2. The van der Waals surface area contributed by atoms with Gasteiger partial charge in [0, 0.05) is 13.1 Å². The molecule has 5 heteroatoms. The Balaban J connectivity index is 1.67. The van der Waals surface area contributed by atoms with Crippen LogP contribution < -0.4 is 5.32 Å². The number of piperidine rings is 1. The van der Waals surface area contributed by atoms with Crippen molar-refractivity contribution in [2.24, 2.45) is 0 Å². The summed E-state index contributed by atoms with van der Waals surface area (Å²) in [5.74, 6) is 0.936. The van der Waals surface area contributed by atoms with Gasteiger partial charge in [0.15, 0.2) is 6.39 Å². The highest BCUT2D eigenvalue weighted by molar-refractivity contribution is 5.78. The van der Waals surface area contributed by atoms with Crippen LogP contribution in [0.25, 0.3) is 0 Å². The van der Waals surface area contributed by atoms with Crippen LogP contribution in [0, 0.1) is 0 Å². The van der Waals surface area contributed by atoms with Gasteiger partial charge in [-0.25, -0.2) is 4.98 Å². The van der Waals surface area contributed by atoms with Gasteiger partial charge in [0.05, 0.1) is 19.3 Å². The molecule has 16 heavy (non-hydrogen) atoms. The van der Waals surface area contributed by atoms with Gasteiger partial charge in [0.25, 0.3) is 0 Å². The van der Waals surface area contributed by atoms with Crippen LogP contribution in [0.1, 0.15) is 25.0 Å². The predicted molar refractivity (Wildman–Crippen MR) is 58.6 cm³/mol. The van der Waals surface area contributed by atoms with Crippen LogP contribution in [0.2, 0.25) is 0 Å². The Bertz CT molecular complexity index is 318. The molecule has 0 unspecified atom stereocenters. The summed E-state index contributed by atoms with van der Waals surface area (Å²) < 4.78 is 5.06. The molecule has 1 N–H and O–H groups in total. The van der Waals surface area contributed by atoms with Gasteiger partial charge in [0.1, 0.15) is 5.76 Å². The Kier molecular flexibility index (Phi) is 3.93. The summed E-state index contributed by atoms with van der Waals surface area (Å²) >= 11 is 0. The monoisotopic (exact) mass is 223 g/mol. The molecule has 1 aromatic heterocycles. The molecule has 2 rings (SSSR count). The first kappa shape index (κ1) is 11.1. The van der Waals surface area contributed by atoms with E-state index in [1.807, 2.05) is 4.90 Å². The standard InChI is InChI=1S/C11H17N3O2/c15-11(14-4-2-1-3-5-14)8-12-6-10-7-13-9-16-10/h7,9,12H,1-6,8H2. The molecule has 0 aromatic carbocycles.